The van der Waals surface area contributed by atoms with Crippen molar-refractivity contribution in [1.82, 2.24) is 5.32 Å². The fourth-order valence-corrected chi connectivity index (χ4v) is 5.63. The first-order valence-electron chi connectivity index (χ1n) is 14.6. The quantitative estimate of drug-likeness (QED) is 0.184. The van der Waals surface area contributed by atoms with Crippen LogP contribution in [0.2, 0.25) is 0 Å². The summed E-state index contributed by atoms with van der Waals surface area (Å²) in [7, 11) is 0. The Bertz CT molecular complexity index is 487. The summed E-state index contributed by atoms with van der Waals surface area (Å²) in [6, 6.07) is 0. The van der Waals surface area contributed by atoms with Gasteiger partial charge in [-0.25, -0.2) is 0 Å². The minimum absolute atomic E-state index is 0.0916. The summed E-state index contributed by atoms with van der Waals surface area (Å²) in [5, 5.41) is 3.99. The molecule has 0 unspecified atom stereocenters. The van der Waals surface area contributed by atoms with Gasteiger partial charge in [-0.3, -0.25) is 4.99 Å². The average Bonchev–Trinajstić information content (AvgIpc) is 3.23. The molecule has 0 fully saturated rings. The fraction of sp³-hybridized carbons (Fsp3) is 0.967. The Balaban J connectivity index is 2.11. The van der Waals surface area contributed by atoms with Crippen molar-refractivity contribution in [3.05, 3.63) is 0 Å². The number of nitrogens with zero attached hydrogens (tertiary/aromatic N) is 1. The predicted molar refractivity (Wildman–Crippen MR) is 146 cm³/mol. The van der Waals surface area contributed by atoms with E-state index in [-0.39, 0.29) is 16.4 Å². The van der Waals surface area contributed by atoms with Gasteiger partial charge in [-0.1, -0.05) is 138 Å². The molecular formula is C30H60N2. The van der Waals surface area contributed by atoms with Crippen LogP contribution in [0, 0.1) is 10.8 Å². The largest absolute Gasteiger partial charge is 0.365 e. The minimum atomic E-state index is 0.0916. The Morgan fingerprint density at radius 3 is 1.38 bits per heavy atom. The van der Waals surface area contributed by atoms with Crippen molar-refractivity contribution >= 4 is 5.84 Å². The Morgan fingerprint density at radius 2 is 1.00 bits per heavy atom. The Labute approximate surface area is 203 Å². The molecule has 2 nitrogen and oxygen atoms in total. The molecule has 1 N–H and O–H groups in total. The zero-order valence-corrected chi connectivity index (χ0v) is 23.4. The van der Waals surface area contributed by atoms with Crippen molar-refractivity contribution in [2.75, 3.05) is 6.54 Å². The molecule has 0 amide bonds. The van der Waals surface area contributed by atoms with E-state index < -0.39 is 0 Å². The second-order valence-corrected chi connectivity index (χ2v) is 12.0. The van der Waals surface area contributed by atoms with Gasteiger partial charge in [0.2, 0.25) is 0 Å². The Kier molecular flexibility index (Phi) is 14.2. The van der Waals surface area contributed by atoms with Gasteiger partial charge in [0.15, 0.2) is 0 Å². The number of aliphatic imine (C=N–C) groups is 1. The lowest BCUT2D eigenvalue weighted by Gasteiger charge is -2.54. The molecule has 0 aromatic heterocycles. The van der Waals surface area contributed by atoms with E-state index in [1.165, 1.54) is 115 Å². The van der Waals surface area contributed by atoms with Crippen LogP contribution in [0.25, 0.3) is 0 Å². The standard InChI is InChI=1S/C30H60N2/c1-8-11-12-13-14-15-16-17-18-19-20-21-22-23-24-25-27-31-26-30(32-27,28(4,5)9-2)29(6,7)10-3/h8-26H2,1-7H3,(H,31,32). The van der Waals surface area contributed by atoms with Crippen molar-refractivity contribution < 1.29 is 0 Å². The van der Waals surface area contributed by atoms with Gasteiger partial charge in [-0.2, -0.15) is 0 Å². The molecule has 32 heavy (non-hydrogen) atoms. The van der Waals surface area contributed by atoms with Crippen LogP contribution in [0.5, 0.6) is 0 Å². The molecule has 1 heterocycles. The van der Waals surface area contributed by atoms with Gasteiger partial charge in [-0.15, -0.1) is 0 Å². The molecule has 190 valence electrons. The van der Waals surface area contributed by atoms with E-state index in [9.17, 15) is 0 Å². The van der Waals surface area contributed by atoms with Crippen molar-refractivity contribution in [1.29, 1.82) is 0 Å². The summed E-state index contributed by atoms with van der Waals surface area (Å²) in [6.07, 6.45) is 24.9. The third kappa shape index (κ3) is 9.02. The summed E-state index contributed by atoms with van der Waals surface area (Å²) in [5.74, 6) is 1.28. The highest BCUT2D eigenvalue weighted by molar-refractivity contribution is 5.85. The second-order valence-electron chi connectivity index (χ2n) is 12.0. The molecule has 0 bridgehead atoms. The van der Waals surface area contributed by atoms with Gasteiger partial charge in [0, 0.05) is 6.42 Å². The van der Waals surface area contributed by atoms with E-state index in [1.807, 2.05) is 0 Å². The molecule has 2 heteroatoms. The van der Waals surface area contributed by atoms with Crippen LogP contribution in [-0.2, 0) is 0 Å². The van der Waals surface area contributed by atoms with Gasteiger partial charge in [0.25, 0.3) is 0 Å². The highest BCUT2D eigenvalue weighted by Gasteiger charge is 2.55. The maximum atomic E-state index is 5.03. The molecule has 0 saturated carbocycles. The normalized spacial score (nSPS) is 16.3. The molecule has 1 aliphatic rings. The average molecular weight is 449 g/mol. The first-order chi connectivity index (χ1) is 15.3. The lowest BCUT2D eigenvalue weighted by Crippen LogP contribution is -2.64. The summed E-state index contributed by atoms with van der Waals surface area (Å²) < 4.78 is 0. The molecule has 0 aliphatic carbocycles. The minimum Gasteiger partial charge on any atom is -0.365 e. The topological polar surface area (TPSA) is 24.4 Å². The molecule has 0 aromatic rings. The smallest absolute Gasteiger partial charge is 0.0969 e. The lowest BCUT2D eigenvalue weighted by molar-refractivity contribution is 0.0240. The van der Waals surface area contributed by atoms with Crippen LogP contribution in [-0.4, -0.2) is 17.9 Å². The molecule has 0 saturated heterocycles. The van der Waals surface area contributed by atoms with Gasteiger partial charge >= 0.3 is 0 Å². The van der Waals surface area contributed by atoms with Crippen molar-refractivity contribution in [2.24, 2.45) is 15.8 Å². The van der Waals surface area contributed by atoms with E-state index in [1.54, 1.807) is 0 Å². The van der Waals surface area contributed by atoms with Gasteiger partial charge in [-0.05, 0) is 30.1 Å². The van der Waals surface area contributed by atoms with Crippen LogP contribution in [0.4, 0.5) is 0 Å². The highest BCUT2D eigenvalue weighted by atomic mass is 15.2. The maximum Gasteiger partial charge on any atom is 0.0969 e. The number of hydrogen-bond acceptors (Lipinski definition) is 2. The molecule has 1 aliphatic heterocycles. The highest BCUT2D eigenvalue weighted by Crippen LogP contribution is 2.49. The van der Waals surface area contributed by atoms with Crippen LogP contribution in [0.3, 0.4) is 0 Å². The van der Waals surface area contributed by atoms with Crippen molar-refractivity contribution in [3.8, 4) is 0 Å². The first kappa shape index (κ1) is 29.5. The molecule has 0 atom stereocenters. The molecule has 0 radical (unpaired) electrons. The number of rotatable bonds is 20. The zero-order chi connectivity index (χ0) is 23.9. The molecule has 0 spiro atoms. The third-order valence-electron chi connectivity index (χ3n) is 8.96. The van der Waals surface area contributed by atoms with Crippen LogP contribution in [0.15, 0.2) is 4.99 Å². The zero-order valence-electron chi connectivity index (χ0n) is 23.4. The summed E-state index contributed by atoms with van der Waals surface area (Å²) in [5.41, 5.74) is 0.577. The van der Waals surface area contributed by atoms with Crippen LogP contribution >= 0.6 is 0 Å². The Morgan fingerprint density at radius 1 is 0.625 bits per heavy atom. The maximum absolute atomic E-state index is 5.03. The number of unbranched alkanes of at least 4 members (excludes halogenated alkanes) is 14. The van der Waals surface area contributed by atoms with Gasteiger partial charge in [0.1, 0.15) is 0 Å². The number of hydrogen-bond donors (Lipinski definition) is 1. The summed E-state index contributed by atoms with van der Waals surface area (Å²) >= 11 is 0. The van der Waals surface area contributed by atoms with Gasteiger partial charge < -0.3 is 5.32 Å². The van der Waals surface area contributed by atoms with E-state index in [4.69, 9.17) is 4.99 Å². The third-order valence-corrected chi connectivity index (χ3v) is 8.96. The molecule has 0 aromatic carbocycles. The van der Waals surface area contributed by atoms with Crippen molar-refractivity contribution in [3.63, 3.8) is 0 Å². The molecule has 1 rings (SSSR count). The first-order valence-corrected chi connectivity index (χ1v) is 14.6. The van der Waals surface area contributed by atoms with Crippen LogP contribution < -0.4 is 5.32 Å². The number of amidine groups is 1. The van der Waals surface area contributed by atoms with Gasteiger partial charge in [0.05, 0.1) is 17.9 Å². The SMILES string of the molecule is CCCCCCCCCCCCCCCCCC1=NCC(C(C)(C)CC)(C(C)(C)CC)N1. The fourth-order valence-electron chi connectivity index (χ4n) is 5.63. The van der Waals surface area contributed by atoms with E-state index in [2.05, 4.69) is 53.8 Å². The molecular weight excluding hydrogens is 388 g/mol. The predicted octanol–water partition coefficient (Wildman–Crippen LogP) is 9.86. The lowest BCUT2D eigenvalue weighted by atomic mass is 9.57. The van der Waals surface area contributed by atoms with Crippen LogP contribution in [0.1, 0.15) is 164 Å². The van der Waals surface area contributed by atoms with E-state index in [0.717, 1.165) is 13.0 Å². The summed E-state index contributed by atoms with van der Waals surface area (Å²) in [4.78, 5) is 5.03. The Hall–Kier alpha value is -0.530. The van der Waals surface area contributed by atoms with E-state index in [0.29, 0.717) is 0 Å². The monoisotopic (exact) mass is 448 g/mol. The summed E-state index contributed by atoms with van der Waals surface area (Å²) in [6.45, 7) is 17.7. The van der Waals surface area contributed by atoms with E-state index >= 15 is 0 Å². The second kappa shape index (κ2) is 15.4. The number of nitrogens with one attached hydrogen (secondary N) is 1. The van der Waals surface area contributed by atoms with Crippen molar-refractivity contribution in [2.45, 2.75) is 170 Å².